The van der Waals surface area contributed by atoms with Crippen molar-refractivity contribution in [1.29, 1.82) is 0 Å². The van der Waals surface area contributed by atoms with Gasteiger partial charge in [0, 0.05) is 6.54 Å². The number of alkyl halides is 1. The first-order valence-electron chi connectivity index (χ1n) is 4.92. The third-order valence-electron chi connectivity index (χ3n) is 2.11. The van der Waals surface area contributed by atoms with Crippen LogP contribution in [0.25, 0.3) is 0 Å². The van der Waals surface area contributed by atoms with Gasteiger partial charge in [0.05, 0.1) is 4.32 Å². The molecule has 0 radical (unpaired) electrons. The molecule has 0 aliphatic heterocycles. The maximum Gasteiger partial charge on any atom is 0.236 e. The van der Waals surface area contributed by atoms with E-state index in [0.29, 0.717) is 6.54 Å². The number of rotatable bonds is 3. The van der Waals surface area contributed by atoms with Crippen molar-refractivity contribution in [3.05, 3.63) is 35.4 Å². The van der Waals surface area contributed by atoms with E-state index < -0.39 is 4.32 Å². The van der Waals surface area contributed by atoms with Crippen LogP contribution in [0.1, 0.15) is 25.0 Å². The van der Waals surface area contributed by atoms with Gasteiger partial charge in [-0.3, -0.25) is 4.79 Å². The van der Waals surface area contributed by atoms with E-state index in [2.05, 4.69) is 21.2 Å². The van der Waals surface area contributed by atoms with Gasteiger partial charge in [-0.25, -0.2) is 0 Å². The highest BCUT2D eigenvalue weighted by Gasteiger charge is 2.22. The molecule has 3 heteroatoms. The van der Waals surface area contributed by atoms with Crippen LogP contribution in [0.2, 0.25) is 0 Å². The fourth-order valence-electron chi connectivity index (χ4n) is 1.10. The molecule has 0 atom stereocenters. The highest BCUT2D eigenvalue weighted by molar-refractivity contribution is 9.10. The fourth-order valence-corrected chi connectivity index (χ4v) is 1.24. The molecule has 0 spiro atoms. The van der Waals surface area contributed by atoms with Crippen LogP contribution in [-0.2, 0) is 11.3 Å². The summed E-state index contributed by atoms with van der Waals surface area (Å²) < 4.78 is -0.502. The number of hydrogen-bond donors (Lipinski definition) is 1. The zero-order valence-electron chi connectivity index (χ0n) is 9.30. The lowest BCUT2D eigenvalue weighted by Crippen LogP contribution is -2.36. The van der Waals surface area contributed by atoms with Gasteiger partial charge in [0.25, 0.3) is 0 Å². The van der Waals surface area contributed by atoms with Crippen molar-refractivity contribution in [2.45, 2.75) is 31.6 Å². The standard InChI is InChI=1S/C12H16BrNO/c1-9-4-6-10(7-5-9)8-14-11(15)12(2,3)13/h4-7H,8H2,1-3H3,(H,14,15). The number of halogens is 1. The van der Waals surface area contributed by atoms with Gasteiger partial charge < -0.3 is 5.32 Å². The van der Waals surface area contributed by atoms with Crippen LogP contribution in [0.4, 0.5) is 0 Å². The lowest BCUT2D eigenvalue weighted by molar-refractivity contribution is -0.122. The predicted molar refractivity (Wildman–Crippen MR) is 66.0 cm³/mol. The van der Waals surface area contributed by atoms with Crippen molar-refractivity contribution in [3.8, 4) is 0 Å². The van der Waals surface area contributed by atoms with Crippen molar-refractivity contribution in [2.24, 2.45) is 0 Å². The smallest absolute Gasteiger partial charge is 0.236 e. The topological polar surface area (TPSA) is 29.1 Å². The molecule has 0 fully saturated rings. The van der Waals surface area contributed by atoms with Gasteiger partial charge in [0.15, 0.2) is 0 Å². The van der Waals surface area contributed by atoms with E-state index in [-0.39, 0.29) is 5.91 Å². The van der Waals surface area contributed by atoms with E-state index in [9.17, 15) is 4.79 Å². The summed E-state index contributed by atoms with van der Waals surface area (Å²) in [5.41, 5.74) is 2.34. The molecule has 0 saturated carbocycles. The molecule has 0 bridgehead atoms. The summed E-state index contributed by atoms with van der Waals surface area (Å²) in [7, 11) is 0. The Morgan fingerprint density at radius 1 is 1.33 bits per heavy atom. The Morgan fingerprint density at radius 3 is 2.33 bits per heavy atom. The Morgan fingerprint density at radius 2 is 1.87 bits per heavy atom. The monoisotopic (exact) mass is 269 g/mol. The summed E-state index contributed by atoms with van der Waals surface area (Å²) in [6.07, 6.45) is 0. The molecule has 0 saturated heterocycles. The largest absolute Gasteiger partial charge is 0.351 e. The van der Waals surface area contributed by atoms with Crippen molar-refractivity contribution >= 4 is 21.8 Å². The lowest BCUT2D eigenvalue weighted by Gasteiger charge is -2.15. The summed E-state index contributed by atoms with van der Waals surface area (Å²) in [5.74, 6) is 0.00285. The zero-order chi connectivity index (χ0) is 11.5. The summed E-state index contributed by atoms with van der Waals surface area (Å²) >= 11 is 3.32. The SMILES string of the molecule is Cc1ccc(CNC(=O)C(C)(C)Br)cc1. The van der Waals surface area contributed by atoms with Crippen LogP contribution in [0, 0.1) is 6.92 Å². The minimum atomic E-state index is -0.502. The molecule has 0 aromatic heterocycles. The molecule has 1 rings (SSSR count). The van der Waals surface area contributed by atoms with Crippen LogP contribution < -0.4 is 5.32 Å². The van der Waals surface area contributed by atoms with Crippen LogP contribution in [-0.4, -0.2) is 10.2 Å². The Balaban J connectivity index is 2.51. The molecule has 15 heavy (non-hydrogen) atoms. The second-order valence-electron chi connectivity index (χ2n) is 4.14. The van der Waals surface area contributed by atoms with Crippen LogP contribution >= 0.6 is 15.9 Å². The van der Waals surface area contributed by atoms with E-state index in [4.69, 9.17) is 0 Å². The first kappa shape index (κ1) is 12.2. The molecule has 0 aliphatic carbocycles. The van der Waals surface area contributed by atoms with Gasteiger partial charge >= 0.3 is 0 Å². The average Bonchev–Trinajstić information content (AvgIpc) is 2.15. The molecule has 1 aromatic rings. The van der Waals surface area contributed by atoms with Crippen molar-refractivity contribution in [3.63, 3.8) is 0 Å². The van der Waals surface area contributed by atoms with E-state index in [0.717, 1.165) is 5.56 Å². The van der Waals surface area contributed by atoms with E-state index >= 15 is 0 Å². The van der Waals surface area contributed by atoms with Gasteiger partial charge in [0.2, 0.25) is 5.91 Å². The molecule has 0 heterocycles. The number of carbonyl (C=O) groups is 1. The number of carbonyl (C=O) groups excluding carboxylic acids is 1. The average molecular weight is 270 g/mol. The fraction of sp³-hybridized carbons (Fsp3) is 0.417. The van der Waals surface area contributed by atoms with Crippen LogP contribution in [0.5, 0.6) is 0 Å². The Kier molecular flexibility index (Phi) is 3.91. The minimum Gasteiger partial charge on any atom is -0.351 e. The van der Waals surface area contributed by atoms with E-state index in [1.54, 1.807) is 0 Å². The lowest BCUT2D eigenvalue weighted by atomic mass is 10.1. The normalized spacial score (nSPS) is 11.2. The minimum absolute atomic E-state index is 0.00285. The van der Waals surface area contributed by atoms with Crippen molar-refractivity contribution < 1.29 is 4.79 Å². The molecular formula is C12H16BrNO. The second-order valence-corrected chi connectivity index (χ2v) is 6.12. The van der Waals surface area contributed by atoms with Crippen LogP contribution in [0.15, 0.2) is 24.3 Å². The van der Waals surface area contributed by atoms with Gasteiger partial charge in [-0.2, -0.15) is 0 Å². The quantitative estimate of drug-likeness (QED) is 0.841. The third kappa shape index (κ3) is 4.04. The van der Waals surface area contributed by atoms with Crippen molar-refractivity contribution in [1.82, 2.24) is 5.32 Å². The molecule has 82 valence electrons. The summed E-state index contributed by atoms with van der Waals surface area (Å²) in [6, 6.07) is 8.13. The molecule has 2 nitrogen and oxygen atoms in total. The molecule has 1 aromatic carbocycles. The highest BCUT2D eigenvalue weighted by Crippen LogP contribution is 2.15. The Labute approximate surface area is 99.2 Å². The number of hydrogen-bond acceptors (Lipinski definition) is 1. The number of amides is 1. The van der Waals surface area contributed by atoms with Gasteiger partial charge in [-0.05, 0) is 26.3 Å². The van der Waals surface area contributed by atoms with Gasteiger partial charge in [-0.1, -0.05) is 45.8 Å². The number of aryl methyl sites for hydroxylation is 1. The first-order chi connectivity index (χ1) is 6.89. The third-order valence-corrected chi connectivity index (χ3v) is 2.47. The molecular weight excluding hydrogens is 254 g/mol. The highest BCUT2D eigenvalue weighted by atomic mass is 79.9. The molecule has 0 aliphatic rings. The summed E-state index contributed by atoms with van der Waals surface area (Å²) in [4.78, 5) is 11.5. The molecule has 0 unspecified atom stereocenters. The number of nitrogens with one attached hydrogen (secondary N) is 1. The van der Waals surface area contributed by atoms with Crippen LogP contribution in [0.3, 0.4) is 0 Å². The summed E-state index contributed by atoms with van der Waals surface area (Å²) in [5, 5.41) is 2.87. The van der Waals surface area contributed by atoms with E-state index in [1.165, 1.54) is 5.56 Å². The van der Waals surface area contributed by atoms with Gasteiger partial charge in [-0.15, -0.1) is 0 Å². The van der Waals surface area contributed by atoms with E-state index in [1.807, 2.05) is 45.0 Å². The predicted octanol–water partition coefficient (Wildman–Crippen LogP) is 2.78. The first-order valence-corrected chi connectivity index (χ1v) is 5.71. The molecule has 1 N–H and O–H groups in total. The number of benzene rings is 1. The maximum atomic E-state index is 11.5. The van der Waals surface area contributed by atoms with Gasteiger partial charge in [0.1, 0.15) is 0 Å². The Hall–Kier alpha value is -0.830. The second kappa shape index (κ2) is 4.79. The zero-order valence-corrected chi connectivity index (χ0v) is 10.9. The molecule has 1 amide bonds. The maximum absolute atomic E-state index is 11.5. The summed E-state index contributed by atoms with van der Waals surface area (Å²) in [6.45, 7) is 6.28. The Bertz CT molecular complexity index is 338. The van der Waals surface area contributed by atoms with Crippen molar-refractivity contribution in [2.75, 3.05) is 0 Å².